The summed E-state index contributed by atoms with van der Waals surface area (Å²) in [5.41, 5.74) is 1.84. The molecular weight excluding hydrogens is 230 g/mol. The van der Waals surface area contributed by atoms with Gasteiger partial charge in [-0.05, 0) is 37.1 Å². The Bertz CT molecular complexity index is 593. The lowest BCUT2D eigenvalue weighted by Crippen LogP contribution is -1.92. The van der Waals surface area contributed by atoms with Crippen molar-refractivity contribution in [1.29, 1.82) is 0 Å². The first-order valence-electron chi connectivity index (χ1n) is 5.56. The fourth-order valence-corrected chi connectivity index (χ4v) is 1.65. The highest BCUT2D eigenvalue weighted by molar-refractivity contribution is 5.46. The molecule has 2 rings (SSSR count). The zero-order valence-electron chi connectivity index (χ0n) is 10.2. The van der Waals surface area contributed by atoms with Gasteiger partial charge in [-0.25, -0.2) is 0 Å². The van der Waals surface area contributed by atoms with E-state index in [0.717, 1.165) is 16.9 Å². The second-order valence-corrected chi connectivity index (χ2v) is 4.07. The van der Waals surface area contributed by atoms with Gasteiger partial charge in [0, 0.05) is 12.1 Å². The molecule has 4 heteroatoms. The molecule has 0 aromatic heterocycles. The van der Waals surface area contributed by atoms with Crippen molar-refractivity contribution in [3.8, 4) is 11.5 Å². The maximum absolute atomic E-state index is 10.6. The summed E-state index contributed by atoms with van der Waals surface area (Å²) in [5.74, 6) is 1.39. The van der Waals surface area contributed by atoms with Gasteiger partial charge in [-0.3, -0.25) is 10.1 Å². The SMILES string of the molecule is Cc1ccccc1Oc1ccc([N+](=O)[O-])cc1C. The number of aryl methyl sites for hydroxylation is 2. The van der Waals surface area contributed by atoms with Crippen molar-refractivity contribution in [3.05, 3.63) is 63.7 Å². The molecule has 0 fully saturated rings. The highest BCUT2D eigenvalue weighted by atomic mass is 16.6. The lowest BCUT2D eigenvalue weighted by atomic mass is 10.2. The highest BCUT2D eigenvalue weighted by Crippen LogP contribution is 2.29. The van der Waals surface area contributed by atoms with E-state index in [-0.39, 0.29) is 5.69 Å². The Kier molecular flexibility index (Phi) is 3.28. The molecule has 0 radical (unpaired) electrons. The molecule has 0 saturated heterocycles. The molecule has 0 aliphatic heterocycles. The number of ether oxygens (including phenoxy) is 1. The summed E-state index contributed by atoms with van der Waals surface area (Å²) >= 11 is 0. The molecule has 0 bridgehead atoms. The van der Waals surface area contributed by atoms with Crippen LogP contribution in [0, 0.1) is 24.0 Å². The Labute approximate surface area is 105 Å². The number of non-ortho nitro benzene ring substituents is 1. The standard InChI is InChI=1S/C14H13NO3/c1-10-5-3-4-6-13(10)18-14-8-7-12(15(16)17)9-11(14)2/h3-9H,1-2H3. The Morgan fingerprint density at radius 2 is 1.67 bits per heavy atom. The van der Waals surface area contributed by atoms with Gasteiger partial charge in [0.05, 0.1) is 4.92 Å². The molecule has 2 aromatic carbocycles. The van der Waals surface area contributed by atoms with E-state index in [9.17, 15) is 10.1 Å². The van der Waals surface area contributed by atoms with Crippen molar-refractivity contribution >= 4 is 5.69 Å². The average Bonchev–Trinajstić information content (AvgIpc) is 2.34. The molecule has 18 heavy (non-hydrogen) atoms. The minimum Gasteiger partial charge on any atom is -0.457 e. The molecule has 92 valence electrons. The Morgan fingerprint density at radius 3 is 2.28 bits per heavy atom. The molecule has 0 heterocycles. The highest BCUT2D eigenvalue weighted by Gasteiger charge is 2.09. The smallest absolute Gasteiger partial charge is 0.269 e. The Morgan fingerprint density at radius 1 is 1.00 bits per heavy atom. The fraction of sp³-hybridized carbons (Fsp3) is 0.143. The third-order valence-electron chi connectivity index (χ3n) is 2.68. The van der Waals surface area contributed by atoms with Crippen molar-refractivity contribution in [3.63, 3.8) is 0 Å². The topological polar surface area (TPSA) is 52.4 Å². The maximum Gasteiger partial charge on any atom is 0.269 e. The zero-order chi connectivity index (χ0) is 13.1. The summed E-state index contributed by atoms with van der Waals surface area (Å²) in [4.78, 5) is 10.2. The monoisotopic (exact) mass is 243 g/mol. The zero-order valence-corrected chi connectivity index (χ0v) is 10.2. The number of benzene rings is 2. The Hall–Kier alpha value is -2.36. The first kappa shape index (κ1) is 12.1. The van der Waals surface area contributed by atoms with Gasteiger partial charge in [-0.2, -0.15) is 0 Å². The number of para-hydroxylation sites is 1. The van der Waals surface area contributed by atoms with Crippen LogP contribution in [0.5, 0.6) is 11.5 Å². The number of nitrogens with zero attached hydrogens (tertiary/aromatic N) is 1. The van der Waals surface area contributed by atoms with Gasteiger partial charge in [0.2, 0.25) is 0 Å². The summed E-state index contributed by atoms with van der Waals surface area (Å²) in [6.07, 6.45) is 0. The lowest BCUT2D eigenvalue weighted by molar-refractivity contribution is -0.384. The molecule has 0 N–H and O–H groups in total. The van der Waals surface area contributed by atoms with Gasteiger partial charge in [-0.15, -0.1) is 0 Å². The molecule has 0 saturated carbocycles. The second-order valence-electron chi connectivity index (χ2n) is 4.07. The number of nitro benzene ring substituents is 1. The van der Waals surface area contributed by atoms with Crippen LogP contribution in [0.2, 0.25) is 0 Å². The maximum atomic E-state index is 10.6. The summed E-state index contributed by atoms with van der Waals surface area (Å²) in [6, 6.07) is 12.2. The van der Waals surface area contributed by atoms with Crippen LogP contribution >= 0.6 is 0 Å². The summed E-state index contributed by atoms with van der Waals surface area (Å²) < 4.78 is 5.75. The van der Waals surface area contributed by atoms with Gasteiger partial charge < -0.3 is 4.74 Å². The van der Waals surface area contributed by atoms with Crippen LogP contribution in [0.3, 0.4) is 0 Å². The fourth-order valence-electron chi connectivity index (χ4n) is 1.65. The predicted molar refractivity (Wildman–Crippen MR) is 69.1 cm³/mol. The van der Waals surface area contributed by atoms with Crippen LogP contribution in [0.4, 0.5) is 5.69 Å². The van der Waals surface area contributed by atoms with E-state index >= 15 is 0 Å². The summed E-state index contributed by atoms with van der Waals surface area (Å²) in [7, 11) is 0. The van der Waals surface area contributed by atoms with Crippen molar-refractivity contribution in [2.45, 2.75) is 13.8 Å². The van der Waals surface area contributed by atoms with Crippen LogP contribution in [0.1, 0.15) is 11.1 Å². The van der Waals surface area contributed by atoms with E-state index in [1.54, 1.807) is 13.0 Å². The van der Waals surface area contributed by atoms with Gasteiger partial charge in [0.15, 0.2) is 0 Å². The largest absolute Gasteiger partial charge is 0.457 e. The Balaban J connectivity index is 2.30. The molecular formula is C14H13NO3. The molecule has 0 unspecified atom stereocenters. The van der Waals surface area contributed by atoms with E-state index in [1.807, 2.05) is 31.2 Å². The molecule has 0 aliphatic carbocycles. The minimum atomic E-state index is -0.412. The molecule has 4 nitrogen and oxygen atoms in total. The lowest BCUT2D eigenvalue weighted by Gasteiger charge is -2.10. The minimum absolute atomic E-state index is 0.0737. The first-order valence-corrected chi connectivity index (χ1v) is 5.56. The average molecular weight is 243 g/mol. The number of nitro groups is 1. The van der Waals surface area contributed by atoms with Crippen LogP contribution in [-0.2, 0) is 0 Å². The molecule has 0 aliphatic rings. The van der Waals surface area contributed by atoms with Crippen molar-refractivity contribution in [2.24, 2.45) is 0 Å². The quantitative estimate of drug-likeness (QED) is 0.604. The number of hydrogen-bond acceptors (Lipinski definition) is 3. The van der Waals surface area contributed by atoms with E-state index in [1.165, 1.54) is 12.1 Å². The summed E-state index contributed by atoms with van der Waals surface area (Å²) in [6.45, 7) is 3.75. The number of rotatable bonds is 3. The van der Waals surface area contributed by atoms with E-state index in [4.69, 9.17) is 4.74 Å². The molecule has 2 aromatic rings. The van der Waals surface area contributed by atoms with Gasteiger partial charge in [0.1, 0.15) is 11.5 Å². The van der Waals surface area contributed by atoms with Gasteiger partial charge >= 0.3 is 0 Å². The predicted octanol–water partition coefficient (Wildman–Crippen LogP) is 4.00. The van der Waals surface area contributed by atoms with Crippen molar-refractivity contribution < 1.29 is 9.66 Å². The van der Waals surface area contributed by atoms with Crippen LogP contribution < -0.4 is 4.74 Å². The van der Waals surface area contributed by atoms with Crippen molar-refractivity contribution in [1.82, 2.24) is 0 Å². The van der Waals surface area contributed by atoms with E-state index in [0.29, 0.717) is 5.75 Å². The van der Waals surface area contributed by atoms with Gasteiger partial charge in [-0.1, -0.05) is 18.2 Å². The van der Waals surface area contributed by atoms with E-state index < -0.39 is 4.92 Å². The van der Waals surface area contributed by atoms with Crippen LogP contribution in [-0.4, -0.2) is 4.92 Å². The third kappa shape index (κ3) is 2.48. The van der Waals surface area contributed by atoms with Crippen LogP contribution in [0.25, 0.3) is 0 Å². The van der Waals surface area contributed by atoms with Crippen LogP contribution in [0.15, 0.2) is 42.5 Å². The normalized spacial score (nSPS) is 10.1. The third-order valence-corrected chi connectivity index (χ3v) is 2.68. The van der Waals surface area contributed by atoms with Gasteiger partial charge in [0.25, 0.3) is 5.69 Å². The second kappa shape index (κ2) is 4.87. The molecule has 0 spiro atoms. The van der Waals surface area contributed by atoms with E-state index in [2.05, 4.69) is 0 Å². The summed E-state index contributed by atoms with van der Waals surface area (Å²) in [5, 5.41) is 10.6. The molecule has 0 atom stereocenters. The molecule has 0 amide bonds. The number of hydrogen-bond donors (Lipinski definition) is 0. The first-order chi connectivity index (χ1) is 8.58. The van der Waals surface area contributed by atoms with Crippen molar-refractivity contribution in [2.75, 3.05) is 0 Å².